The van der Waals surface area contributed by atoms with Gasteiger partial charge in [0.05, 0.1) is 0 Å². The highest BCUT2D eigenvalue weighted by molar-refractivity contribution is 5.87. The Bertz CT molecular complexity index is 610. The average molecular weight is 408 g/mol. The number of hydrogen-bond acceptors (Lipinski definition) is 4. The van der Waals surface area contributed by atoms with Gasteiger partial charge in [0, 0.05) is 5.57 Å². The minimum atomic E-state index is -6.67. The molecule has 152 valence electrons. The van der Waals surface area contributed by atoms with Crippen LogP contribution in [0.1, 0.15) is 13.8 Å². The lowest BCUT2D eigenvalue weighted by molar-refractivity contribution is -0.530. The molecular formula is C12H10F10O4. The summed E-state index contributed by atoms with van der Waals surface area (Å²) in [6.07, 6.45) is -17.9. The van der Waals surface area contributed by atoms with Crippen LogP contribution in [0, 0.1) is 0 Å². The fourth-order valence-corrected chi connectivity index (χ4v) is 2.02. The first-order valence-corrected chi connectivity index (χ1v) is 6.35. The lowest BCUT2D eigenvalue weighted by Crippen LogP contribution is -2.83. The molecule has 3 atom stereocenters. The molecule has 1 fully saturated rings. The van der Waals surface area contributed by atoms with E-state index in [2.05, 4.69) is 16.1 Å². The summed E-state index contributed by atoms with van der Waals surface area (Å²) in [5, 5.41) is 9.14. The van der Waals surface area contributed by atoms with Gasteiger partial charge in [0.2, 0.25) is 11.7 Å². The van der Waals surface area contributed by atoms with Crippen molar-refractivity contribution >= 4 is 5.97 Å². The van der Waals surface area contributed by atoms with E-state index in [-0.39, 0.29) is 0 Å². The normalized spacial score (nSPS) is 34.3. The van der Waals surface area contributed by atoms with Gasteiger partial charge in [0.25, 0.3) is 0 Å². The summed E-state index contributed by atoms with van der Waals surface area (Å²) in [7, 11) is 0. The zero-order valence-electron chi connectivity index (χ0n) is 12.7. The minimum absolute atomic E-state index is 0.578. The van der Waals surface area contributed by atoms with Crippen LogP contribution >= 0.6 is 0 Å². The summed E-state index contributed by atoms with van der Waals surface area (Å²) >= 11 is 0. The van der Waals surface area contributed by atoms with Gasteiger partial charge in [-0.3, -0.25) is 0 Å². The van der Waals surface area contributed by atoms with Crippen molar-refractivity contribution in [3.05, 3.63) is 12.2 Å². The van der Waals surface area contributed by atoms with Crippen LogP contribution in [0.2, 0.25) is 0 Å². The Kier molecular flexibility index (Phi) is 4.94. The molecule has 1 heterocycles. The highest BCUT2D eigenvalue weighted by atomic mass is 19.4. The fourth-order valence-electron chi connectivity index (χ4n) is 2.02. The summed E-state index contributed by atoms with van der Waals surface area (Å²) in [5.41, 5.74) is -5.98. The Morgan fingerprint density at radius 1 is 1.12 bits per heavy atom. The third-order valence-corrected chi connectivity index (χ3v) is 3.61. The Balaban J connectivity index is 3.80. The quantitative estimate of drug-likeness (QED) is 0.433. The second kappa shape index (κ2) is 5.71. The van der Waals surface area contributed by atoms with Crippen LogP contribution in [-0.4, -0.2) is 52.8 Å². The fraction of sp³-hybridized carbons (Fsp3) is 0.750. The molecule has 0 saturated carbocycles. The Morgan fingerprint density at radius 3 is 1.85 bits per heavy atom. The number of carbonyl (C=O) groups is 1. The summed E-state index contributed by atoms with van der Waals surface area (Å²) in [4.78, 5) is 11.3. The van der Waals surface area contributed by atoms with Crippen LogP contribution in [0.15, 0.2) is 12.2 Å². The van der Waals surface area contributed by atoms with Crippen molar-refractivity contribution in [3.8, 4) is 0 Å². The van der Waals surface area contributed by atoms with Crippen molar-refractivity contribution in [1.82, 2.24) is 0 Å². The molecule has 1 aliphatic heterocycles. The van der Waals surface area contributed by atoms with Crippen molar-refractivity contribution in [2.24, 2.45) is 0 Å². The molecule has 0 aromatic rings. The molecule has 0 aromatic heterocycles. The van der Waals surface area contributed by atoms with E-state index in [4.69, 9.17) is 5.11 Å². The number of carbonyl (C=O) groups excluding carboxylic acids is 1. The van der Waals surface area contributed by atoms with Gasteiger partial charge in [-0.15, -0.1) is 0 Å². The molecule has 0 radical (unpaired) electrons. The zero-order chi connectivity index (χ0) is 21.1. The molecule has 4 nitrogen and oxygen atoms in total. The van der Waals surface area contributed by atoms with Crippen LogP contribution < -0.4 is 0 Å². The van der Waals surface area contributed by atoms with Gasteiger partial charge < -0.3 is 14.6 Å². The third-order valence-electron chi connectivity index (χ3n) is 3.61. The number of ether oxygens (including phenoxy) is 2. The van der Waals surface area contributed by atoms with E-state index in [9.17, 15) is 48.7 Å². The number of rotatable bonds is 2. The number of aliphatic hydroxyl groups is 1. The Labute approximate surface area is 138 Å². The first-order chi connectivity index (χ1) is 11.2. The van der Waals surface area contributed by atoms with E-state index in [1.807, 2.05) is 0 Å². The van der Waals surface area contributed by atoms with E-state index < -0.39 is 60.2 Å². The SMILES string of the molecule is C=C(C)C(=O)OC1(C)C(F)(F)C(C(F)(F)F)OC(O)(C(F)(F)F)C1(F)F. The van der Waals surface area contributed by atoms with E-state index in [1.54, 1.807) is 0 Å². The van der Waals surface area contributed by atoms with Crippen LogP contribution in [0.5, 0.6) is 0 Å². The molecule has 0 aliphatic carbocycles. The molecule has 14 heteroatoms. The summed E-state index contributed by atoms with van der Waals surface area (Å²) in [6, 6.07) is 0. The number of alkyl halides is 10. The van der Waals surface area contributed by atoms with E-state index in [0.29, 0.717) is 6.92 Å². The first-order valence-electron chi connectivity index (χ1n) is 6.35. The van der Waals surface area contributed by atoms with Gasteiger partial charge in [-0.05, 0) is 13.8 Å². The molecular weight excluding hydrogens is 398 g/mol. The van der Waals surface area contributed by atoms with E-state index in [1.165, 1.54) is 0 Å². The summed E-state index contributed by atoms with van der Waals surface area (Å²) in [5.74, 6) is -20.4. The number of halogens is 10. The van der Waals surface area contributed by atoms with Crippen LogP contribution in [0.4, 0.5) is 43.9 Å². The van der Waals surface area contributed by atoms with Crippen LogP contribution in [0.25, 0.3) is 0 Å². The van der Waals surface area contributed by atoms with Crippen molar-refractivity contribution in [1.29, 1.82) is 0 Å². The molecule has 1 aliphatic rings. The molecule has 1 saturated heterocycles. The molecule has 0 amide bonds. The van der Waals surface area contributed by atoms with Crippen molar-refractivity contribution in [2.75, 3.05) is 0 Å². The molecule has 26 heavy (non-hydrogen) atoms. The summed E-state index contributed by atoms with van der Waals surface area (Å²) in [6.45, 7) is 2.93. The Morgan fingerprint density at radius 2 is 1.54 bits per heavy atom. The number of esters is 1. The second-order valence-electron chi connectivity index (χ2n) is 5.58. The van der Waals surface area contributed by atoms with Gasteiger partial charge >= 0.3 is 36.0 Å². The maximum absolute atomic E-state index is 14.2. The second-order valence-corrected chi connectivity index (χ2v) is 5.58. The lowest BCUT2D eigenvalue weighted by atomic mass is 9.78. The van der Waals surface area contributed by atoms with E-state index >= 15 is 0 Å². The smallest absolute Gasteiger partial charge is 0.443 e. The first kappa shape index (κ1) is 22.5. The van der Waals surface area contributed by atoms with Gasteiger partial charge in [-0.25, -0.2) is 4.79 Å². The molecule has 1 rings (SSSR count). The third kappa shape index (κ3) is 2.82. The van der Waals surface area contributed by atoms with E-state index in [0.717, 1.165) is 0 Å². The average Bonchev–Trinajstić information content (AvgIpc) is 2.39. The van der Waals surface area contributed by atoms with Gasteiger partial charge in [-0.2, -0.15) is 43.9 Å². The van der Waals surface area contributed by atoms with Gasteiger partial charge in [-0.1, -0.05) is 6.58 Å². The lowest BCUT2D eigenvalue weighted by Gasteiger charge is -2.54. The zero-order valence-corrected chi connectivity index (χ0v) is 12.7. The summed E-state index contributed by atoms with van der Waals surface area (Å²) < 4.78 is 140. The molecule has 0 spiro atoms. The topological polar surface area (TPSA) is 55.8 Å². The largest absolute Gasteiger partial charge is 0.449 e. The molecule has 0 bridgehead atoms. The standard InChI is InChI=1S/C12H10F10O4/c1-4(2)5(23)25-7(3)8(13,14)6(9(15,16)17)26-11(24,10(7,18)19)12(20,21)22/h6,24H,1H2,2-3H3. The van der Waals surface area contributed by atoms with Crippen molar-refractivity contribution in [2.45, 2.75) is 55.5 Å². The van der Waals surface area contributed by atoms with Crippen molar-refractivity contribution in [3.63, 3.8) is 0 Å². The van der Waals surface area contributed by atoms with Crippen LogP contribution in [-0.2, 0) is 14.3 Å². The Hall–Kier alpha value is -1.57. The minimum Gasteiger partial charge on any atom is -0.443 e. The monoisotopic (exact) mass is 408 g/mol. The number of hydrogen-bond donors (Lipinski definition) is 1. The van der Waals surface area contributed by atoms with Crippen LogP contribution in [0.3, 0.4) is 0 Å². The predicted molar refractivity (Wildman–Crippen MR) is 61.1 cm³/mol. The maximum Gasteiger partial charge on any atom is 0.449 e. The van der Waals surface area contributed by atoms with Crippen molar-refractivity contribution < 1.29 is 63.3 Å². The molecule has 0 aromatic carbocycles. The highest BCUT2D eigenvalue weighted by Crippen LogP contribution is 2.62. The maximum atomic E-state index is 14.2. The molecule has 3 unspecified atom stereocenters. The molecule has 1 N–H and O–H groups in total. The van der Waals surface area contributed by atoms with Gasteiger partial charge in [0.15, 0.2) is 0 Å². The highest BCUT2D eigenvalue weighted by Gasteiger charge is 2.91. The van der Waals surface area contributed by atoms with Gasteiger partial charge in [0.1, 0.15) is 0 Å². The predicted octanol–water partition coefficient (Wildman–Crippen LogP) is 3.35.